The summed E-state index contributed by atoms with van der Waals surface area (Å²) in [6, 6.07) is 1.18. The first-order valence-electron chi connectivity index (χ1n) is 7.52. The Balaban J connectivity index is 2.50. The number of aromatic nitrogens is 2. The van der Waals surface area contributed by atoms with Crippen LogP contribution in [0.4, 0.5) is 0 Å². The van der Waals surface area contributed by atoms with Crippen molar-refractivity contribution in [3.63, 3.8) is 0 Å². The van der Waals surface area contributed by atoms with E-state index in [0.29, 0.717) is 6.42 Å². The molecule has 1 aliphatic rings. The van der Waals surface area contributed by atoms with Crippen LogP contribution in [0.5, 0.6) is 0 Å². The van der Waals surface area contributed by atoms with Gasteiger partial charge in [-0.1, -0.05) is 19.0 Å². The first-order valence-corrected chi connectivity index (χ1v) is 7.52. The van der Waals surface area contributed by atoms with Crippen molar-refractivity contribution in [1.29, 1.82) is 0 Å². The zero-order valence-electron chi connectivity index (χ0n) is 13.6. The molecule has 0 radical (unpaired) electrons. The summed E-state index contributed by atoms with van der Waals surface area (Å²) < 4.78 is 12.6. The molecule has 1 aliphatic heterocycles. The summed E-state index contributed by atoms with van der Waals surface area (Å²) >= 11 is 0. The van der Waals surface area contributed by atoms with Crippen LogP contribution in [-0.2, 0) is 14.3 Å². The Bertz CT molecular complexity index is 780. The summed E-state index contributed by atoms with van der Waals surface area (Å²) in [6.07, 6.45) is 0.0792. The number of ether oxygens (including phenoxy) is 2. The number of nitrogens with zero attached hydrogens (tertiary/aromatic N) is 4. The van der Waals surface area contributed by atoms with E-state index in [2.05, 4.69) is 15.0 Å². The molecule has 1 aromatic heterocycles. The molecule has 2 heterocycles. The van der Waals surface area contributed by atoms with E-state index in [0.717, 1.165) is 0 Å². The molecule has 0 bridgehead atoms. The summed E-state index contributed by atoms with van der Waals surface area (Å²) in [5, 5.41) is 3.60. The van der Waals surface area contributed by atoms with E-state index in [-0.39, 0.29) is 12.5 Å². The third-order valence-electron chi connectivity index (χ3n) is 4.39. The minimum atomic E-state index is -0.929. The predicted octanol–water partition coefficient (Wildman–Crippen LogP) is 1.09. The number of esters is 1. The van der Waals surface area contributed by atoms with Crippen LogP contribution >= 0.6 is 0 Å². The fourth-order valence-electron chi connectivity index (χ4n) is 3.01. The Kier molecular flexibility index (Phi) is 5.10. The average molecular weight is 337 g/mol. The number of H-pyrrole nitrogens is 1. The standard InChI is InChI=1S/C14H19N5O5/c1-4-14(7-16-18-15)8(2)11(23-9(3)20)12(24-14)19-6-5-10(21)17-13(19)22/h5-6,8,11-12H,4,7H2,1-3H3,(H,17,21,22)/t8-,11-,12+,14-/m0/s1. The van der Waals surface area contributed by atoms with Crippen molar-refractivity contribution in [2.24, 2.45) is 11.0 Å². The number of azide groups is 1. The highest BCUT2D eigenvalue weighted by atomic mass is 16.6. The summed E-state index contributed by atoms with van der Waals surface area (Å²) in [5.41, 5.74) is 6.52. The van der Waals surface area contributed by atoms with Crippen LogP contribution in [0, 0.1) is 5.92 Å². The molecule has 10 nitrogen and oxygen atoms in total. The van der Waals surface area contributed by atoms with Gasteiger partial charge < -0.3 is 9.47 Å². The van der Waals surface area contributed by atoms with E-state index in [1.165, 1.54) is 23.8 Å². The first kappa shape index (κ1) is 17.8. The second kappa shape index (κ2) is 6.90. The van der Waals surface area contributed by atoms with Crippen molar-refractivity contribution in [3.05, 3.63) is 43.5 Å². The Morgan fingerprint density at radius 2 is 2.29 bits per heavy atom. The van der Waals surface area contributed by atoms with Gasteiger partial charge in [-0.3, -0.25) is 19.1 Å². The number of nitrogens with one attached hydrogen (secondary N) is 1. The van der Waals surface area contributed by atoms with Crippen molar-refractivity contribution >= 4 is 5.97 Å². The van der Waals surface area contributed by atoms with Crippen molar-refractivity contribution in [2.75, 3.05) is 6.54 Å². The van der Waals surface area contributed by atoms with E-state index in [4.69, 9.17) is 15.0 Å². The van der Waals surface area contributed by atoms with Crippen LogP contribution in [0.1, 0.15) is 33.4 Å². The molecule has 24 heavy (non-hydrogen) atoms. The van der Waals surface area contributed by atoms with Gasteiger partial charge in [0.05, 0.1) is 12.1 Å². The molecule has 1 N–H and O–H groups in total. The van der Waals surface area contributed by atoms with E-state index in [1.54, 1.807) is 6.92 Å². The number of carbonyl (C=O) groups is 1. The first-order chi connectivity index (χ1) is 11.3. The molecule has 0 saturated carbocycles. The van der Waals surface area contributed by atoms with Crippen molar-refractivity contribution < 1.29 is 14.3 Å². The lowest BCUT2D eigenvalue weighted by Gasteiger charge is -2.30. The molecule has 0 amide bonds. The van der Waals surface area contributed by atoms with Gasteiger partial charge in [-0.2, -0.15) is 0 Å². The molecule has 2 rings (SSSR count). The quantitative estimate of drug-likeness (QED) is 0.371. The molecule has 4 atom stereocenters. The van der Waals surface area contributed by atoms with Gasteiger partial charge >= 0.3 is 11.7 Å². The zero-order valence-corrected chi connectivity index (χ0v) is 13.6. The van der Waals surface area contributed by atoms with Crippen LogP contribution < -0.4 is 11.2 Å². The van der Waals surface area contributed by atoms with Gasteiger partial charge in [-0.15, -0.1) is 0 Å². The molecule has 1 fully saturated rings. The number of carbonyl (C=O) groups excluding carboxylic acids is 1. The van der Waals surface area contributed by atoms with Crippen LogP contribution in [0.3, 0.4) is 0 Å². The van der Waals surface area contributed by atoms with Crippen molar-refractivity contribution in [3.8, 4) is 0 Å². The van der Waals surface area contributed by atoms with Crippen LogP contribution in [0.15, 0.2) is 27.0 Å². The molecule has 0 aliphatic carbocycles. The molecule has 1 saturated heterocycles. The van der Waals surface area contributed by atoms with E-state index < -0.39 is 35.2 Å². The summed E-state index contributed by atoms with van der Waals surface area (Å²) in [7, 11) is 0. The van der Waals surface area contributed by atoms with E-state index in [9.17, 15) is 14.4 Å². The second-order valence-corrected chi connectivity index (χ2v) is 5.70. The van der Waals surface area contributed by atoms with Crippen LogP contribution in [0.2, 0.25) is 0 Å². The smallest absolute Gasteiger partial charge is 0.330 e. The summed E-state index contributed by atoms with van der Waals surface area (Å²) in [6.45, 7) is 4.96. The monoisotopic (exact) mass is 337 g/mol. The molecule has 0 spiro atoms. The zero-order chi connectivity index (χ0) is 17.9. The summed E-state index contributed by atoms with van der Waals surface area (Å²) in [5.74, 6) is -0.852. The number of rotatable bonds is 5. The largest absolute Gasteiger partial charge is 0.457 e. The lowest BCUT2D eigenvalue weighted by Crippen LogP contribution is -2.40. The maximum absolute atomic E-state index is 12.1. The van der Waals surface area contributed by atoms with Gasteiger partial charge in [-0.05, 0) is 12.0 Å². The third kappa shape index (κ3) is 3.19. The second-order valence-electron chi connectivity index (χ2n) is 5.70. The maximum Gasteiger partial charge on any atom is 0.330 e. The number of hydrogen-bond donors (Lipinski definition) is 1. The Morgan fingerprint density at radius 1 is 1.58 bits per heavy atom. The van der Waals surface area contributed by atoms with Gasteiger partial charge in [0.15, 0.2) is 12.3 Å². The Labute approximate surface area is 137 Å². The van der Waals surface area contributed by atoms with Gasteiger partial charge in [0.25, 0.3) is 5.56 Å². The van der Waals surface area contributed by atoms with Gasteiger partial charge in [-0.25, -0.2) is 4.79 Å². The summed E-state index contributed by atoms with van der Waals surface area (Å²) in [4.78, 5) is 39.7. The molecule has 130 valence electrons. The third-order valence-corrected chi connectivity index (χ3v) is 4.39. The Hall–Kier alpha value is -2.58. The lowest BCUT2D eigenvalue weighted by molar-refractivity contribution is -0.154. The van der Waals surface area contributed by atoms with E-state index >= 15 is 0 Å². The highest BCUT2D eigenvalue weighted by molar-refractivity contribution is 5.66. The Morgan fingerprint density at radius 3 is 2.83 bits per heavy atom. The number of hydrogen-bond acceptors (Lipinski definition) is 6. The molecule has 1 aromatic rings. The molecule has 0 unspecified atom stereocenters. The fourth-order valence-corrected chi connectivity index (χ4v) is 3.01. The fraction of sp³-hybridized carbons (Fsp3) is 0.643. The van der Waals surface area contributed by atoms with Crippen LogP contribution in [-0.4, -0.2) is 33.8 Å². The van der Waals surface area contributed by atoms with Crippen LogP contribution in [0.25, 0.3) is 10.4 Å². The normalized spacial score (nSPS) is 29.0. The van der Waals surface area contributed by atoms with Gasteiger partial charge in [0, 0.05) is 30.0 Å². The molecule has 0 aromatic carbocycles. The minimum absolute atomic E-state index is 0.0353. The average Bonchev–Trinajstić information content (AvgIpc) is 2.79. The van der Waals surface area contributed by atoms with Crippen molar-refractivity contribution in [1.82, 2.24) is 9.55 Å². The minimum Gasteiger partial charge on any atom is -0.457 e. The van der Waals surface area contributed by atoms with Gasteiger partial charge in [0.2, 0.25) is 0 Å². The SMILES string of the molecule is CC[C@@]1(CN=[N+]=[N-])O[C@@H](n2ccc(=O)[nH]c2=O)[C@@H](OC(C)=O)[C@@H]1C. The highest BCUT2D eigenvalue weighted by Crippen LogP contribution is 2.44. The van der Waals surface area contributed by atoms with Gasteiger partial charge in [0.1, 0.15) is 0 Å². The number of aromatic amines is 1. The molecule has 10 heteroatoms. The predicted molar refractivity (Wildman–Crippen MR) is 83.2 cm³/mol. The topological polar surface area (TPSA) is 139 Å². The molecular weight excluding hydrogens is 318 g/mol. The highest BCUT2D eigenvalue weighted by Gasteiger charge is 2.54. The maximum atomic E-state index is 12.1. The molecular formula is C14H19N5O5. The lowest BCUT2D eigenvalue weighted by atomic mass is 9.85. The van der Waals surface area contributed by atoms with Crippen molar-refractivity contribution in [2.45, 2.75) is 45.1 Å². The van der Waals surface area contributed by atoms with E-state index in [1.807, 2.05) is 6.92 Å².